The standard InChI is InChI=1S/C19H21FN6O/c1-12(2)17-22-23-18-13(3)24(9-10-25(17)18)19(27)15-11-14(20)5-6-16(15)26-8-4-7-21-26/h4-8,11-13H,9-10H2,1-3H3. The van der Waals surface area contributed by atoms with Gasteiger partial charge in [-0.15, -0.1) is 10.2 Å². The molecule has 27 heavy (non-hydrogen) atoms. The van der Waals surface area contributed by atoms with Crippen molar-refractivity contribution in [2.24, 2.45) is 0 Å². The predicted molar refractivity (Wildman–Crippen MR) is 97.1 cm³/mol. The van der Waals surface area contributed by atoms with E-state index in [-0.39, 0.29) is 23.4 Å². The summed E-state index contributed by atoms with van der Waals surface area (Å²) in [5, 5.41) is 12.8. The van der Waals surface area contributed by atoms with Crippen LogP contribution in [0.3, 0.4) is 0 Å². The van der Waals surface area contributed by atoms with Gasteiger partial charge in [-0.25, -0.2) is 9.07 Å². The van der Waals surface area contributed by atoms with Gasteiger partial charge < -0.3 is 9.47 Å². The van der Waals surface area contributed by atoms with E-state index >= 15 is 0 Å². The topological polar surface area (TPSA) is 68.8 Å². The zero-order valence-corrected chi connectivity index (χ0v) is 15.5. The summed E-state index contributed by atoms with van der Waals surface area (Å²) in [7, 11) is 0. The minimum atomic E-state index is -0.454. The molecule has 0 spiro atoms. The molecule has 1 aliphatic rings. The number of hydrogen-bond acceptors (Lipinski definition) is 4. The molecule has 1 atom stereocenters. The summed E-state index contributed by atoms with van der Waals surface area (Å²) in [5.74, 6) is 1.25. The van der Waals surface area contributed by atoms with Gasteiger partial charge in [-0.3, -0.25) is 4.79 Å². The van der Waals surface area contributed by atoms with Gasteiger partial charge in [-0.2, -0.15) is 5.10 Å². The molecule has 1 amide bonds. The lowest BCUT2D eigenvalue weighted by molar-refractivity contribution is 0.0635. The van der Waals surface area contributed by atoms with Gasteiger partial charge in [0.1, 0.15) is 11.6 Å². The lowest BCUT2D eigenvalue weighted by Crippen LogP contribution is -2.42. The van der Waals surface area contributed by atoms with Gasteiger partial charge >= 0.3 is 0 Å². The van der Waals surface area contributed by atoms with E-state index in [2.05, 4.69) is 33.7 Å². The fourth-order valence-electron chi connectivity index (χ4n) is 3.56. The number of carbonyl (C=O) groups is 1. The van der Waals surface area contributed by atoms with Crippen molar-refractivity contribution in [3.05, 3.63) is 59.7 Å². The van der Waals surface area contributed by atoms with Crippen LogP contribution in [0.5, 0.6) is 0 Å². The maximum Gasteiger partial charge on any atom is 0.256 e. The van der Waals surface area contributed by atoms with Crippen LogP contribution in [0, 0.1) is 5.82 Å². The molecule has 0 fully saturated rings. The summed E-state index contributed by atoms with van der Waals surface area (Å²) in [6.45, 7) is 7.21. The SMILES string of the molecule is CC(C)c1nnc2n1CCN(C(=O)c1cc(F)ccc1-n1cccn1)C2C. The van der Waals surface area contributed by atoms with Crippen molar-refractivity contribution in [1.82, 2.24) is 29.4 Å². The molecule has 0 aliphatic carbocycles. The number of nitrogens with zero attached hydrogens (tertiary/aromatic N) is 6. The molecule has 1 unspecified atom stereocenters. The summed E-state index contributed by atoms with van der Waals surface area (Å²) in [6, 6.07) is 5.69. The van der Waals surface area contributed by atoms with Crippen molar-refractivity contribution in [3.8, 4) is 5.69 Å². The lowest BCUT2D eigenvalue weighted by Gasteiger charge is -2.34. The summed E-state index contributed by atoms with van der Waals surface area (Å²) in [4.78, 5) is 15.0. The van der Waals surface area contributed by atoms with Gasteiger partial charge in [0.15, 0.2) is 5.82 Å². The highest BCUT2D eigenvalue weighted by atomic mass is 19.1. The highest BCUT2D eigenvalue weighted by Gasteiger charge is 2.33. The van der Waals surface area contributed by atoms with Crippen LogP contribution in [0.4, 0.5) is 4.39 Å². The number of aromatic nitrogens is 5. The summed E-state index contributed by atoms with van der Waals surface area (Å²) < 4.78 is 17.6. The van der Waals surface area contributed by atoms with Gasteiger partial charge in [-0.05, 0) is 31.2 Å². The number of hydrogen-bond donors (Lipinski definition) is 0. The second-order valence-corrected chi connectivity index (χ2v) is 7.01. The fraction of sp³-hybridized carbons (Fsp3) is 0.368. The minimum Gasteiger partial charge on any atom is -0.327 e. The molecule has 1 aromatic carbocycles. The average Bonchev–Trinajstić information content (AvgIpc) is 3.31. The highest BCUT2D eigenvalue weighted by Crippen LogP contribution is 2.29. The van der Waals surface area contributed by atoms with Gasteiger partial charge in [0, 0.05) is 31.4 Å². The second-order valence-electron chi connectivity index (χ2n) is 7.01. The third-order valence-electron chi connectivity index (χ3n) is 4.93. The zero-order chi connectivity index (χ0) is 19.1. The molecule has 1 aliphatic heterocycles. The monoisotopic (exact) mass is 368 g/mol. The molecular formula is C19H21FN6O. The largest absolute Gasteiger partial charge is 0.327 e. The molecule has 2 aromatic heterocycles. The first-order valence-electron chi connectivity index (χ1n) is 9.01. The molecule has 7 nitrogen and oxygen atoms in total. The summed E-state index contributed by atoms with van der Waals surface area (Å²) >= 11 is 0. The number of rotatable bonds is 3. The van der Waals surface area contributed by atoms with Crippen molar-refractivity contribution in [3.63, 3.8) is 0 Å². The Hall–Kier alpha value is -3.03. The van der Waals surface area contributed by atoms with Crippen LogP contribution >= 0.6 is 0 Å². The highest BCUT2D eigenvalue weighted by molar-refractivity contribution is 5.98. The van der Waals surface area contributed by atoms with Gasteiger partial charge in [0.05, 0.1) is 17.3 Å². The Labute approximate surface area is 156 Å². The van der Waals surface area contributed by atoms with Crippen molar-refractivity contribution in [2.45, 2.75) is 39.3 Å². The Morgan fingerprint density at radius 1 is 1.26 bits per heavy atom. The molecule has 3 heterocycles. The number of benzene rings is 1. The van der Waals surface area contributed by atoms with E-state index in [0.717, 1.165) is 11.6 Å². The third-order valence-corrected chi connectivity index (χ3v) is 4.93. The molecule has 0 N–H and O–H groups in total. The van der Waals surface area contributed by atoms with Crippen LogP contribution in [0.15, 0.2) is 36.7 Å². The Bertz CT molecular complexity index is 978. The molecule has 0 bridgehead atoms. The Balaban J connectivity index is 1.71. The first kappa shape index (κ1) is 17.4. The van der Waals surface area contributed by atoms with Crippen LogP contribution in [0.1, 0.15) is 54.7 Å². The van der Waals surface area contributed by atoms with E-state index in [1.165, 1.54) is 12.1 Å². The van der Waals surface area contributed by atoms with Crippen molar-refractivity contribution >= 4 is 5.91 Å². The Morgan fingerprint density at radius 2 is 2.07 bits per heavy atom. The molecule has 0 saturated carbocycles. The first-order valence-corrected chi connectivity index (χ1v) is 9.01. The van der Waals surface area contributed by atoms with Crippen LogP contribution in [0.25, 0.3) is 5.69 Å². The normalized spacial score (nSPS) is 16.6. The Morgan fingerprint density at radius 3 is 2.78 bits per heavy atom. The molecule has 0 saturated heterocycles. The number of halogens is 1. The first-order chi connectivity index (χ1) is 13.0. The third kappa shape index (κ3) is 2.90. The quantitative estimate of drug-likeness (QED) is 0.713. The Kier molecular flexibility index (Phi) is 4.25. The molecule has 3 aromatic rings. The minimum absolute atomic E-state index is 0.243. The van der Waals surface area contributed by atoms with Crippen molar-refractivity contribution < 1.29 is 9.18 Å². The second kappa shape index (κ2) is 6.61. The van der Waals surface area contributed by atoms with Crippen LogP contribution < -0.4 is 0 Å². The number of fused-ring (bicyclic) bond motifs is 1. The van der Waals surface area contributed by atoms with Crippen molar-refractivity contribution in [2.75, 3.05) is 6.54 Å². The van der Waals surface area contributed by atoms with E-state index in [9.17, 15) is 9.18 Å². The van der Waals surface area contributed by atoms with E-state index < -0.39 is 5.82 Å². The summed E-state index contributed by atoms with van der Waals surface area (Å²) in [5.41, 5.74) is 0.830. The maximum absolute atomic E-state index is 13.9. The van der Waals surface area contributed by atoms with Crippen LogP contribution in [0.2, 0.25) is 0 Å². The maximum atomic E-state index is 13.9. The fourth-order valence-corrected chi connectivity index (χ4v) is 3.56. The van der Waals surface area contributed by atoms with Gasteiger partial charge in [-0.1, -0.05) is 13.8 Å². The molecule has 0 radical (unpaired) electrons. The molecule has 4 rings (SSSR count). The summed E-state index contributed by atoms with van der Waals surface area (Å²) in [6.07, 6.45) is 3.35. The van der Waals surface area contributed by atoms with Crippen molar-refractivity contribution in [1.29, 1.82) is 0 Å². The van der Waals surface area contributed by atoms with Crippen LogP contribution in [-0.2, 0) is 6.54 Å². The predicted octanol–water partition coefficient (Wildman–Crippen LogP) is 2.94. The number of carbonyl (C=O) groups excluding carboxylic acids is 1. The molecule has 8 heteroatoms. The van der Waals surface area contributed by atoms with E-state index in [0.29, 0.717) is 18.8 Å². The van der Waals surface area contributed by atoms with E-state index in [4.69, 9.17) is 0 Å². The van der Waals surface area contributed by atoms with E-state index in [1.54, 1.807) is 34.1 Å². The van der Waals surface area contributed by atoms with Crippen LogP contribution in [-0.4, -0.2) is 41.9 Å². The smallest absolute Gasteiger partial charge is 0.256 e. The average molecular weight is 368 g/mol. The zero-order valence-electron chi connectivity index (χ0n) is 15.5. The van der Waals surface area contributed by atoms with Gasteiger partial charge in [0.2, 0.25) is 0 Å². The lowest BCUT2D eigenvalue weighted by atomic mass is 10.1. The van der Waals surface area contributed by atoms with Gasteiger partial charge in [0.25, 0.3) is 5.91 Å². The molecule has 140 valence electrons. The van der Waals surface area contributed by atoms with E-state index in [1.807, 2.05) is 6.92 Å². The molecular weight excluding hydrogens is 347 g/mol. The number of amides is 1.